The second kappa shape index (κ2) is 10.7. The van der Waals surface area contributed by atoms with Gasteiger partial charge in [-0.2, -0.15) is 5.10 Å². The lowest BCUT2D eigenvalue weighted by Crippen LogP contribution is -2.50. The Morgan fingerprint density at radius 3 is 2.74 bits per heavy atom. The molecule has 3 heterocycles. The Balaban J connectivity index is 1.49. The predicted molar refractivity (Wildman–Crippen MR) is 152 cm³/mol. The zero-order chi connectivity index (χ0) is 26.8. The van der Waals surface area contributed by atoms with Crippen molar-refractivity contribution in [3.63, 3.8) is 0 Å². The van der Waals surface area contributed by atoms with Crippen molar-refractivity contribution < 1.29 is 9.84 Å². The van der Waals surface area contributed by atoms with Crippen LogP contribution in [0.3, 0.4) is 0 Å². The second-order valence-electron chi connectivity index (χ2n) is 9.65. The molecule has 1 saturated heterocycles. The molecule has 38 heavy (non-hydrogen) atoms. The summed E-state index contributed by atoms with van der Waals surface area (Å²) in [5, 5.41) is 22.3. The monoisotopic (exact) mass is 514 g/mol. The number of nitrogens with one attached hydrogen (secondary N) is 2. The van der Waals surface area contributed by atoms with Crippen LogP contribution in [0.15, 0.2) is 61.6 Å². The summed E-state index contributed by atoms with van der Waals surface area (Å²) in [6.45, 7) is 8.67. The number of nitrogens with zero attached hydrogens (tertiary/aromatic N) is 6. The maximum atomic E-state index is 10.4. The number of aliphatic hydroxyl groups is 1. The second-order valence-corrected chi connectivity index (χ2v) is 9.65. The Kier molecular flexibility index (Phi) is 7.17. The van der Waals surface area contributed by atoms with E-state index in [1.807, 2.05) is 48.3 Å². The lowest BCUT2D eigenvalue weighted by atomic mass is 10.1. The number of benzene rings is 2. The molecule has 1 fully saturated rings. The molecule has 1 aliphatic heterocycles. The van der Waals surface area contributed by atoms with E-state index < -0.39 is 6.23 Å². The van der Waals surface area contributed by atoms with Crippen LogP contribution < -0.4 is 20.3 Å². The number of aromatic nitrogens is 4. The van der Waals surface area contributed by atoms with Crippen LogP contribution in [0, 0.1) is 0 Å². The zero-order valence-electron chi connectivity index (χ0n) is 22.2. The smallest absolute Gasteiger partial charge is 0.144 e. The van der Waals surface area contributed by atoms with Gasteiger partial charge in [-0.25, -0.2) is 9.97 Å². The molecule has 10 heteroatoms. The molecule has 10 nitrogen and oxygen atoms in total. The third kappa shape index (κ3) is 5.13. The van der Waals surface area contributed by atoms with E-state index in [2.05, 4.69) is 62.1 Å². The summed E-state index contributed by atoms with van der Waals surface area (Å²) < 4.78 is 7.64. The molecule has 0 radical (unpaired) electrons. The highest BCUT2D eigenvalue weighted by molar-refractivity contribution is 5.85. The molecule has 1 unspecified atom stereocenters. The van der Waals surface area contributed by atoms with Crippen LogP contribution in [0.4, 0.5) is 22.9 Å². The average Bonchev–Trinajstić information content (AvgIpc) is 3.29. The van der Waals surface area contributed by atoms with Gasteiger partial charge in [0.05, 0.1) is 41.6 Å². The van der Waals surface area contributed by atoms with Crippen molar-refractivity contribution in [2.45, 2.75) is 19.2 Å². The summed E-state index contributed by atoms with van der Waals surface area (Å²) in [5.41, 5.74) is 5.26. The normalized spacial score (nSPS) is 16.9. The first-order valence-corrected chi connectivity index (χ1v) is 12.6. The number of fused-ring (bicyclic) bond motifs is 1. The lowest BCUT2D eigenvalue weighted by molar-refractivity contribution is 0.252. The van der Waals surface area contributed by atoms with E-state index in [1.165, 1.54) is 6.08 Å². The number of hydrogen-bond donors (Lipinski definition) is 3. The van der Waals surface area contributed by atoms with E-state index in [4.69, 9.17) is 4.74 Å². The van der Waals surface area contributed by atoms with Crippen LogP contribution >= 0.6 is 0 Å². The summed E-state index contributed by atoms with van der Waals surface area (Å²) in [6, 6.07) is 12.3. The Labute approximate surface area is 222 Å². The summed E-state index contributed by atoms with van der Waals surface area (Å²) in [7, 11) is 5.71. The van der Waals surface area contributed by atoms with Crippen LogP contribution in [-0.2, 0) is 7.05 Å². The van der Waals surface area contributed by atoms with Crippen molar-refractivity contribution in [3.05, 3.63) is 61.6 Å². The van der Waals surface area contributed by atoms with Gasteiger partial charge in [0.15, 0.2) is 0 Å². The maximum absolute atomic E-state index is 10.4. The number of anilines is 4. The first-order chi connectivity index (χ1) is 18.4. The van der Waals surface area contributed by atoms with Gasteiger partial charge >= 0.3 is 0 Å². The minimum absolute atomic E-state index is 0.292. The number of ether oxygens (including phenoxy) is 1. The first kappa shape index (κ1) is 25.5. The Bertz CT molecular complexity index is 1450. The fourth-order valence-electron chi connectivity index (χ4n) is 4.95. The molecule has 2 aromatic carbocycles. The van der Waals surface area contributed by atoms with Gasteiger partial charge in [-0.05, 0) is 38.2 Å². The molecular formula is C28H34N8O2. The Morgan fingerprint density at radius 2 is 1.97 bits per heavy atom. The van der Waals surface area contributed by atoms with Crippen molar-refractivity contribution in [1.29, 1.82) is 0 Å². The number of piperazine rings is 1. The number of likely N-dealkylation sites (N-methyl/N-ethyl adjacent to an activating group) is 1. The van der Waals surface area contributed by atoms with Gasteiger partial charge in [-0.1, -0.05) is 12.6 Å². The minimum Gasteiger partial charge on any atom is -0.494 e. The van der Waals surface area contributed by atoms with Crippen molar-refractivity contribution in [2.24, 2.45) is 7.05 Å². The van der Waals surface area contributed by atoms with E-state index in [0.29, 0.717) is 23.3 Å². The van der Waals surface area contributed by atoms with Crippen LogP contribution in [0.25, 0.3) is 22.2 Å². The standard InChI is InChI=1S/C28H34N8O2/c1-6-28(37)33-22-12-23(26(38-5)14-25(22)36-10-9-34(3)16-18(36)2)32-27-13-21(29-17-30-27)19-7-8-24-20(11-19)15-31-35(24)4/h6-8,11-15,17-18,28,33,37H,1,9-10,16H2,2-5H3,(H,29,30,32)/t18-,28?/m1/s1. The lowest BCUT2D eigenvalue weighted by Gasteiger charge is -2.41. The molecule has 198 valence electrons. The predicted octanol–water partition coefficient (Wildman–Crippen LogP) is 3.84. The molecule has 0 bridgehead atoms. The van der Waals surface area contributed by atoms with Gasteiger partial charge in [-0.3, -0.25) is 4.68 Å². The number of hydrogen-bond acceptors (Lipinski definition) is 9. The molecule has 0 spiro atoms. The summed E-state index contributed by atoms with van der Waals surface area (Å²) >= 11 is 0. The highest BCUT2D eigenvalue weighted by atomic mass is 16.5. The van der Waals surface area contributed by atoms with Gasteiger partial charge in [0.25, 0.3) is 0 Å². The van der Waals surface area contributed by atoms with E-state index in [1.54, 1.807) is 13.4 Å². The topological polar surface area (TPSA) is 104 Å². The van der Waals surface area contributed by atoms with Gasteiger partial charge in [0.1, 0.15) is 24.1 Å². The first-order valence-electron chi connectivity index (χ1n) is 12.6. The highest BCUT2D eigenvalue weighted by Gasteiger charge is 2.26. The molecule has 5 rings (SSSR count). The van der Waals surface area contributed by atoms with Gasteiger partial charge in [0.2, 0.25) is 0 Å². The maximum Gasteiger partial charge on any atom is 0.144 e. The number of methoxy groups -OCH3 is 1. The number of rotatable bonds is 8. The van der Waals surface area contributed by atoms with E-state index >= 15 is 0 Å². The van der Waals surface area contributed by atoms with Crippen molar-refractivity contribution >= 4 is 33.8 Å². The number of aliphatic hydroxyl groups excluding tert-OH is 1. The molecule has 4 aromatic rings. The van der Waals surface area contributed by atoms with Gasteiger partial charge < -0.3 is 30.3 Å². The van der Waals surface area contributed by atoms with E-state index in [9.17, 15) is 5.11 Å². The largest absolute Gasteiger partial charge is 0.494 e. The molecule has 2 aromatic heterocycles. The van der Waals surface area contributed by atoms with Crippen molar-refractivity contribution in [3.8, 4) is 17.0 Å². The Hall–Kier alpha value is -4.15. The number of aryl methyl sites for hydroxylation is 1. The molecular weight excluding hydrogens is 480 g/mol. The molecule has 0 saturated carbocycles. The SMILES string of the molecule is C=CC(O)Nc1cc(Nc2cc(-c3ccc4c(cnn4C)c3)ncn2)c(OC)cc1N1CCN(C)C[C@H]1C. The van der Waals surface area contributed by atoms with Crippen molar-refractivity contribution in [2.75, 3.05) is 49.3 Å². The van der Waals surface area contributed by atoms with Crippen molar-refractivity contribution in [1.82, 2.24) is 24.6 Å². The summed E-state index contributed by atoms with van der Waals surface area (Å²) in [4.78, 5) is 13.6. The molecule has 3 N–H and O–H groups in total. The summed E-state index contributed by atoms with van der Waals surface area (Å²) in [5.74, 6) is 1.29. The molecule has 0 amide bonds. The van der Waals surface area contributed by atoms with Crippen LogP contribution in [-0.4, -0.2) is 75.8 Å². The van der Waals surface area contributed by atoms with Crippen LogP contribution in [0.1, 0.15) is 6.92 Å². The molecule has 1 aliphatic rings. The minimum atomic E-state index is -0.897. The zero-order valence-corrected chi connectivity index (χ0v) is 22.2. The van der Waals surface area contributed by atoms with E-state index in [0.717, 1.165) is 53.2 Å². The third-order valence-corrected chi connectivity index (χ3v) is 6.96. The Morgan fingerprint density at radius 1 is 1.13 bits per heavy atom. The van der Waals surface area contributed by atoms with Gasteiger partial charge in [0, 0.05) is 55.8 Å². The summed E-state index contributed by atoms with van der Waals surface area (Å²) in [6.07, 6.45) is 3.95. The average molecular weight is 515 g/mol. The quantitative estimate of drug-likeness (QED) is 0.239. The van der Waals surface area contributed by atoms with E-state index in [-0.39, 0.29) is 0 Å². The molecule has 2 atom stereocenters. The fraction of sp³-hybridized carbons (Fsp3) is 0.321. The third-order valence-electron chi connectivity index (χ3n) is 6.96. The molecule has 0 aliphatic carbocycles. The fourth-order valence-corrected chi connectivity index (χ4v) is 4.95. The highest BCUT2D eigenvalue weighted by Crippen LogP contribution is 2.40. The van der Waals surface area contributed by atoms with Crippen LogP contribution in [0.2, 0.25) is 0 Å². The van der Waals surface area contributed by atoms with Gasteiger partial charge in [-0.15, -0.1) is 0 Å². The van der Waals surface area contributed by atoms with Crippen LogP contribution in [0.5, 0.6) is 5.75 Å².